The van der Waals surface area contributed by atoms with E-state index in [4.69, 9.17) is 10.5 Å². The lowest BCUT2D eigenvalue weighted by molar-refractivity contribution is 0.129. The van der Waals surface area contributed by atoms with E-state index in [1.54, 1.807) is 7.11 Å². The topological polar surface area (TPSA) is 35.2 Å². The second-order valence-electron chi connectivity index (χ2n) is 4.39. The van der Waals surface area contributed by atoms with Gasteiger partial charge in [-0.15, -0.1) is 0 Å². The SMILES string of the molecule is CCCc1cccc(C(N)(CC)COC)c1. The van der Waals surface area contributed by atoms with Gasteiger partial charge in [-0.05, 0) is 24.0 Å². The molecule has 0 bridgehead atoms. The molecule has 0 aliphatic heterocycles. The van der Waals surface area contributed by atoms with Gasteiger partial charge < -0.3 is 10.5 Å². The van der Waals surface area contributed by atoms with E-state index in [1.807, 2.05) is 0 Å². The smallest absolute Gasteiger partial charge is 0.0684 e. The number of methoxy groups -OCH3 is 1. The molecular formula is C14H23NO. The Balaban J connectivity index is 2.96. The van der Waals surface area contributed by atoms with E-state index < -0.39 is 0 Å². The summed E-state index contributed by atoms with van der Waals surface area (Å²) in [7, 11) is 1.70. The van der Waals surface area contributed by atoms with Crippen LogP contribution in [0.2, 0.25) is 0 Å². The molecule has 0 aliphatic carbocycles. The van der Waals surface area contributed by atoms with Gasteiger partial charge in [-0.3, -0.25) is 0 Å². The molecule has 1 unspecified atom stereocenters. The minimum atomic E-state index is -0.349. The highest BCUT2D eigenvalue weighted by molar-refractivity contribution is 5.29. The van der Waals surface area contributed by atoms with Gasteiger partial charge in [0.15, 0.2) is 0 Å². The minimum Gasteiger partial charge on any atom is -0.382 e. The first-order valence-electron chi connectivity index (χ1n) is 6.03. The van der Waals surface area contributed by atoms with Crippen molar-refractivity contribution in [3.05, 3.63) is 35.4 Å². The van der Waals surface area contributed by atoms with Crippen molar-refractivity contribution >= 4 is 0 Å². The molecular weight excluding hydrogens is 198 g/mol. The van der Waals surface area contributed by atoms with Crippen LogP contribution in [-0.2, 0) is 16.7 Å². The van der Waals surface area contributed by atoms with Crippen molar-refractivity contribution in [1.29, 1.82) is 0 Å². The Morgan fingerprint density at radius 1 is 1.31 bits per heavy atom. The lowest BCUT2D eigenvalue weighted by atomic mass is 9.88. The van der Waals surface area contributed by atoms with Gasteiger partial charge >= 0.3 is 0 Å². The first-order chi connectivity index (χ1) is 7.66. The standard InChI is InChI=1S/C14H23NO/c1-4-7-12-8-6-9-13(10-12)14(15,5-2)11-16-3/h6,8-10H,4-5,7,11,15H2,1-3H3. The Kier molecular flexibility index (Phi) is 4.97. The maximum Gasteiger partial charge on any atom is 0.0684 e. The summed E-state index contributed by atoms with van der Waals surface area (Å²) in [4.78, 5) is 0. The third kappa shape index (κ3) is 3.06. The van der Waals surface area contributed by atoms with Crippen LogP contribution in [0.1, 0.15) is 37.8 Å². The van der Waals surface area contributed by atoms with Gasteiger partial charge in [0, 0.05) is 7.11 Å². The molecule has 2 N–H and O–H groups in total. The first-order valence-corrected chi connectivity index (χ1v) is 6.03. The summed E-state index contributed by atoms with van der Waals surface area (Å²) in [5.74, 6) is 0. The molecule has 0 amide bonds. The van der Waals surface area contributed by atoms with Crippen molar-refractivity contribution in [1.82, 2.24) is 0 Å². The molecule has 2 nitrogen and oxygen atoms in total. The second kappa shape index (κ2) is 6.02. The van der Waals surface area contributed by atoms with Crippen molar-refractivity contribution in [3.63, 3.8) is 0 Å². The van der Waals surface area contributed by atoms with Gasteiger partial charge in [-0.1, -0.05) is 44.5 Å². The van der Waals surface area contributed by atoms with Crippen molar-refractivity contribution in [2.45, 2.75) is 38.6 Å². The van der Waals surface area contributed by atoms with E-state index in [1.165, 1.54) is 11.1 Å². The Labute approximate surface area is 98.8 Å². The largest absolute Gasteiger partial charge is 0.382 e. The van der Waals surface area contributed by atoms with Crippen LogP contribution < -0.4 is 5.73 Å². The number of aryl methyl sites for hydroxylation is 1. The molecule has 1 rings (SSSR count). The predicted molar refractivity (Wildman–Crippen MR) is 68.5 cm³/mol. The lowest BCUT2D eigenvalue weighted by Crippen LogP contribution is -2.40. The molecule has 1 aromatic carbocycles. The number of rotatable bonds is 6. The normalized spacial score (nSPS) is 14.8. The summed E-state index contributed by atoms with van der Waals surface area (Å²) in [6, 6.07) is 8.57. The van der Waals surface area contributed by atoms with Gasteiger partial charge in [0.1, 0.15) is 0 Å². The zero-order chi connectivity index (χ0) is 12.0. The maximum atomic E-state index is 6.37. The lowest BCUT2D eigenvalue weighted by Gasteiger charge is -2.28. The fourth-order valence-corrected chi connectivity index (χ4v) is 1.97. The first kappa shape index (κ1) is 13.2. The highest BCUT2D eigenvalue weighted by Gasteiger charge is 2.25. The van der Waals surface area contributed by atoms with E-state index in [2.05, 4.69) is 38.1 Å². The molecule has 1 aromatic rings. The Hall–Kier alpha value is -0.860. The molecule has 16 heavy (non-hydrogen) atoms. The van der Waals surface area contributed by atoms with Crippen LogP contribution in [0.25, 0.3) is 0 Å². The average Bonchev–Trinajstić information content (AvgIpc) is 2.30. The predicted octanol–water partition coefficient (Wildman–Crippen LogP) is 2.85. The van der Waals surface area contributed by atoms with Gasteiger partial charge in [-0.25, -0.2) is 0 Å². The summed E-state index contributed by atoms with van der Waals surface area (Å²) >= 11 is 0. The molecule has 0 fully saturated rings. The van der Waals surface area contributed by atoms with Gasteiger partial charge in [0.25, 0.3) is 0 Å². The fraction of sp³-hybridized carbons (Fsp3) is 0.571. The highest BCUT2D eigenvalue weighted by atomic mass is 16.5. The van der Waals surface area contributed by atoms with Crippen LogP contribution in [0.4, 0.5) is 0 Å². The molecule has 0 saturated heterocycles. The zero-order valence-corrected chi connectivity index (χ0v) is 10.6. The van der Waals surface area contributed by atoms with Crippen molar-refractivity contribution in [3.8, 4) is 0 Å². The number of hydrogen-bond acceptors (Lipinski definition) is 2. The molecule has 0 spiro atoms. The highest BCUT2D eigenvalue weighted by Crippen LogP contribution is 2.23. The van der Waals surface area contributed by atoms with Crippen molar-refractivity contribution in [2.75, 3.05) is 13.7 Å². The second-order valence-corrected chi connectivity index (χ2v) is 4.39. The van der Waals surface area contributed by atoms with Crippen LogP contribution in [0.3, 0.4) is 0 Å². The summed E-state index contributed by atoms with van der Waals surface area (Å²) < 4.78 is 5.23. The zero-order valence-electron chi connectivity index (χ0n) is 10.6. The number of nitrogens with two attached hydrogens (primary N) is 1. The van der Waals surface area contributed by atoms with Crippen LogP contribution in [0.5, 0.6) is 0 Å². The van der Waals surface area contributed by atoms with Gasteiger partial charge in [0.2, 0.25) is 0 Å². The molecule has 1 atom stereocenters. The van der Waals surface area contributed by atoms with Gasteiger partial charge in [-0.2, -0.15) is 0 Å². The monoisotopic (exact) mass is 221 g/mol. The molecule has 0 radical (unpaired) electrons. The van der Waals surface area contributed by atoms with E-state index in [9.17, 15) is 0 Å². The number of ether oxygens (including phenoxy) is 1. The Morgan fingerprint density at radius 2 is 2.06 bits per heavy atom. The fourth-order valence-electron chi connectivity index (χ4n) is 1.97. The number of hydrogen-bond donors (Lipinski definition) is 1. The quantitative estimate of drug-likeness (QED) is 0.801. The summed E-state index contributed by atoms with van der Waals surface area (Å²) in [5.41, 5.74) is 8.56. The van der Waals surface area contributed by atoms with E-state index in [0.29, 0.717) is 6.61 Å². The van der Waals surface area contributed by atoms with E-state index in [-0.39, 0.29) is 5.54 Å². The summed E-state index contributed by atoms with van der Waals surface area (Å²) in [6.45, 7) is 4.86. The van der Waals surface area contributed by atoms with Crippen molar-refractivity contribution in [2.24, 2.45) is 5.73 Å². The molecule has 0 aliphatic rings. The molecule has 0 aromatic heterocycles. The summed E-state index contributed by atoms with van der Waals surface area (Å²) in [5, 5.41) is 0. The number of benzene rings is 1. The maximum absolute atomic E-state index is 6.37. The third-order valence-corrected chi connectivity index (χ3v) is 3.07. The van der Waals surface area contributed by atoms with Crippen LogP contribution in [0, 0.1) is 0 Å². The Morgan fingerprint density at radius 3 is 2.62 bits per heavy atom. The third-order valence-electron chi connectivity index (χ3n) is 3.07. The van der Waals surface area contributed by atoms with Crippen LogP contribution >= 0.6 is 0 Å². The van der Waals surface area contributed by atoms with E-state index >= 15 is 0 Å². The molecule has 0 saturated carbocycles. The minimum absolute atomic E-state index is 0.349. The summed E-state index contributed by atoms with van der Waals surface area (Å²) in [6.07, 6.45) is 3.16. The molecule has 0 heterocycles. The van der Waals surface area contributed by atoms with Gasteiger partial charge in [0.05, 0.1) is 12.1 Å². The van der Waals surface area contributed by atoms with Crippen LogP contribution in [-0.4, -0.2) is 13.7 Å². The van der Waals surface area contributed by atoms with E-state index in [0.717, 1.165) is 19.3 Å². The Bertz CT molecular complexity index is 324. The average molecular weight is 221 g/mol. The van der Waals surface area contributed by atoms with Crippen LogP contribution in [0.15, 0.2) is 24.3 Å². The molecule has 2 heteroatoms. The van der Waals surface area contributed by atoms with Crippen molar-refractivity contribution < 1.29 is 4.74 Å². The molecule has 90 valence electrons.